The van der Waals surface area contributed by atoms with E-state index in [1.54, 1.807) is 29.8 Å². The lowest BCUT2D eigenvalue weighted by Crippen LogP contribution is -2.13. The molecule has 1 amide bonds. The summed E-state index contributed by atoms with van der Waals surface area (Å²) in [6.07, 6.45) is 0. The number of carbonyl (C=O) groups excluding carboxylic acids is 1. The van der Waals surface area contributed by atoms with Crippen LogP contribution >= 0.6 is 23.1 Å². The fourth-order valence-corrected chi connectivity index (χ4v) is 2.51. The Labute approximate surface area is 112 Å². The molecular formula is C11H8N4OS2. The van der Waals surface area contributed by atoms with Gasteiger partial charge >= 0.3 is 0 Å². The number of benzene rings is 1. The monoisotopic (exact) mass is 276 g/mol. The Morgan fingerprint density at radius 2 is 2.44 bits per heavy atom. The molecule has 1 heterocycles. The summed E-state index contributed by atoms with van der Waals surface area (Å²) in [5, 5.41) is 19.0. The van der Waals surface area contributed by atoms with Crippen molar-refractivity contribution in [3.63, 3.8) is 0 Å². The van der Waals surface area contributed by atoms with Crippen molar-refractivity contribution in [2.45, 2.75) is 4.34 Å². The van der Waals surface area contributed by atoms with Crippen molar-refractivity contribution in [2.24, 2.45) is 0 Å². The molecule has 18 heavy (non-hydrogen) atoms. The lowest BCUT2D eigenvalue weighted by atomic mass is 10.2. The number of hydrogen-bond acceptors (Lipinski definition) is 6. The van der Waals surface area contributed by atoms with Gasteiger partial charge in [0.1, 0.15) is 5.51 Å². The van der Waals surface area contributed by atoms with Crippen molar-refractivity contribution in [2.75, 3.05) is 11.1 Å². The summed E-state index contributed by atoms with van der Waals surface area (Å²) in [5.41, 5.74) is 2.76. The minimum atomic E-state index is -0.134. The molecule has 2 aromatic rings. The number of carbonyl (C=O) groups is 1. The Bertz CT molecular complexity index is 577. The third-order valence-corrected chi connectivity index (χ3v) is 3.80. The number of aromatic nitrogens is 2. The second-order valence-electron chi connectivity index (χ2n) is 3.23. The van der Waals surface area contributed by atoms with Gasteiger partial charge in [0.15, 0.2) is 4.34 Å². The first-order valence-corrected chi connectivity index (χ1v) is 6.83. The average Bonchev–Trinajstić information content (AvgIpc) is 2.90. The van der Waals surface area contributed by atoms with Crippen molar-refractivity contribution in [3.05, 3.63) is 35.3 Å². The molecule has 0 radical (unpaired) electrons. The molecule has 0 spiro atoms. The van der Waals surface area contributed by atoms with Crippen LogP contribution in [0.5, 0.6) is 0 Å². The van der Waals surface area contributed by atoms with Gasteiger partial charge in [0, 0.05) is 5.69 Å². The molecular weight excluding hydrogens is 268 g/mol. The van der Waals surface area contributed by atoms with Gasteiger partial charge in [0.25, 0.3) is 0 Å². The number of hydrogen-bond donors (Lipinski definition) is 1. The van der Waals surface area contributed by atoms with Crippen LogP contribution in [0.25, 0.3) is 0 Å². The zero-order chi connectivity index (χ0) is 12.8. The highest BCUT2D eigenvalue weighted by Crippen LogP contribution is 2.19. The molecule has 0 aliphatic rings. The van der Waals surface area contributed by atoms with E-state index in [9.17, 15) is 4.79 Å². The number of nitrogens with one attached hydrogen (secondary N) is 1. The van der Waals surface area contributed by atoms with E-state index in [-0.39, 0.29) is 11.7 Å². The van der Waals surface area contributed by atoms with E-state index in [0.717, 1.165) is 4.34 Å². The van der Waals surface area contributed by atoms with Gasteiger partial charge in [-0.05, 0) is 18.2 Å². The molecule has 1 aromatic heterocycles. The molecule has 7 heteroatoms. The van der Waals surface area contributed by atoms with Crippen LogP contribution in [0.15, 0.2) is 34.1 Å². The number of nitrogens with zero attached hydrogens (tertiary/aromatic N) is 3. The molecule has 90 valence electrons. The van der Waals surface area contributed by atoms with Crippen molar-refractivity contribution < 1.29 is 4.79 Å². The highest BCUT2D eigenvalue weighted by atomic mass is 32.2. The van der Waals surface area contributed by atoms with Gasteiger partial charge in [-0.2, -0.15) is 5.26 Å². The fraction of sp³-hybridized carbons (Fsp3) is 0.0909. The van der Waals surface area contributed by atoms with Gasteiger partial charge in [-0.1, -0.05) is 29.2 Å². The van der Waals surface area contributed by atoms with Gasteiger partial charge in [0.2, 0.25) is 5.91 Å². The first-order chi connectivity index (χ1) is 8.78. The SMILES string of the molecule is N#Cc1cccc(NC(=O)CSc2nncs2)c1. The Balaban J connectivity index is 1.89. The minimum absolute atomic E-state index is 0.134. The maximum absolute atomic E-state index is 11.6. The molecule has 1 aromatic carbocycles. The van der Waals surface area contributed by atoms with Crippen LogP contribution in [-0.4, -0.2) is 21.9 Å². The summed E-state index contributed by atoms with van der Waals surface area (Å²) in [6, 6.07) is 8.81. The Morgan fingerprint density at radius 3 is 3.17 bits per heavy atom. The van der Waals surface area contributed by atoms with Gasteiger partial charge in [-0.25, -0.2) is 0 Å². The Morgan fingerprint density at radius 1 is 1.56 bits per heavy atom. The highest BCUT2D eigenvalue weighted by Gasteiger charge is 2.05. The van der Waals surface area contributed by atoms with Crippen LogP contribution in [0, 0.1) is 11.3 Å². The first-order valence-electron chi connectivity index (χ1n) is 4.97. The van der Waals surface area contributed by atoms with E-state index in [2.05, 4.69) is 15.5 Å². The van der Waals surface area contributed by atoms with E-state index < -0.39 is 0 Å². The van der Waals surface area contributed by atoms with Crippen LogP contribution in [0.2, 0.25) is 0 Å². The summed E-state index contributed by atoms with van der Waals surface area (Å²) >= 11 is 2.73. The van der Waals surface area contributed by atoms with Crippen LogP contribution in [-0.2, 0) is 4.79 Å². The number of nitriles is 1. The second kappa shape index (κ2) is 6.14. The number of thioether (sulfide) groups is 1. The van der Waals surface area contributed by atoms with Gasteiger partial charge in [-0.15, -0.1) is 10.2 Å². The molecule has 0 fully saturated rings. The van der Waals surface area contributed by atoms with E-state index in [0.29, 0.717) is 11.3 Å². The van der Waals surface area contributed by atoms with Crippen LogP contribution < -0.4 is 5.32 Å². The Hall–Kier alpha value is -1.91. The third-order valence-electron chi connectivity index (χ3n) is 1.94. The van der Waals surface area contributed by atoms with Crippen LogP contribution in [0.3, 0.4) is 0 Å². The maximum Gasteiger partial charge on any atom is 0.234 e. The predicted molar refractivity (Wildman–Crippen MR) is 70.4 cm³/mol. The van der Waals surface area contributed by atoms with Crippen molar-refractivity contribution in [1.82, 2.24) is 10.2 Å². The zero-order valence-corrected chi connectivity index (χ0v) is 10.8. The molecule has 5 nitrogen and oxygen atoms in total. The zero-order valence-electron chi connectivity index (χ0n) is 9.16. The fourth-order valence-electron chi connectivity index (χ4n) is 1.22. The summed E-state index contributed by atoms with van der Waals surface area (Å²) in [7, 11) is 0. The van der Waals surface area contributed by atoms with Gasteiger partial charge in [-0.3, -0.25) is 4.79 Å². The minimum Gasteiger partial charge on any atom is -0.325 e. The number of rotatable bonds is 4. The van der Waals surface area contributed by atoms with Gasteiger partial charge < -0.3 is 5.32 Å². The smallest absolute Gasteiger partial charge is 0.234 e. The first kappa shape index (κ1) is 12.5. The molecule has 1 N–H and O–H groups in total. The highest BCUT2D eigenvalue weighted by molar-refractivity contribution is 8.01. The Kier molecular flexibility index (Phi) is 4.28. The summed E-state index contributed by atoms with van der Waals surface area (Å²) in [4.78, 5) is 11.6. The summed E-state index contributed by atoms with van der Waals surface area (Å²) in [5.74, 6) is 0.136. The van der Waals surface area contributed by atoms with Gasteiger partial charge in [0.05, 0.1) is 17.4 Å². The number of anilines is 1. The average molecular weight is 276 g/mol. The normalized spacial score (nSPS) is 9.72. The lowest BCUT2D eigenvalue weighted by Gasteiger charge is -2.03. The molecule has 0 saturated heterocycles. The van der Waals surface area contributed by atoms with E-state index in [4.69, 9.17) is 5.26 Å². The van der Waals surface area contributed by atoms with Crippen LogP contribution in [0.4, 0.5) is 5.69 Å². The lowest BCUT2D eigenvalue weighted by molar-refractivity contribution is -0.113. The van der Waals surface area contributed by atoms with Crippen molar-refractivity contribution >= 4 is 34.7 Å². The molecule has 0 unspecified atom stereocenters. The van der Waals surface area contributed by atoms with Crippen molar-refractivity contribution in [1.29, 1.82) is 5.26 Å². The molecule has 0 saturated carbocycles. The molecule has 0 atom stereocenters. The maximum atomic E-state index is 11.6. The standard InChI is InChI=1S/C11H8N4OS2/c12-5-8-2-1-3-9(4-8)14-10(16)6-17-11-15-13-7-18-11/h1-4,7H,6H2,(H,14,16). The van der Waals surface area contributed by atoms with E-state index in [1.165, 1.54) is 23.1 Å². The second-order valence-corrected chi connectivity index (χ2v) is 5.29. The van der Waals surface area contributed by atoms with E-state index >= 15 is 0 Å². The molecule has 2 rings (SSSR count). The largest absolute Gasteiger partial charge is 0.325 e. The topological polar surface area (TPSA) is 78.7 Å². The summed E-state index contributed by atoms with van der Waals surface area (Å²) in [6.45, 7) is 0. The quantitative estimate of drug-likeness (QED) is 0.865. The number of amides is 1. The predicted octanol–water partition coefficient (Wildman–Crippen LogP) is 2.14. The van der Waals surface area contributed by atoms with E-state index in [1.807, 2.05) is 6.07 Å². The summed E-state index contributed by atoms with van der Waals surface area (Å²) < 4.78 is 0.760. The molecule has 0 aliphatic heterocycles. The molecule has 0 bridgehead atoms. The third kappa shape index (κ3) is 3.55. The van der Waals surface area contributed by atoms with Crippen molar-refractivity contribution in [3.8, 4) is 6.07 Å². The molecule has 0 aliphatic carbocycles. The van der Waals surface area contributed by atoms with Crippen LogP contribution in [0.1, 0.15) is 5.56 Å².